The molecule has 2 N–H and O–H groups in total. The van der Waals surface area contributed by atoms with Crippen LogP contribution in [0.25, 0.3) is 0 Å². The maximum atomic E-state index is 11.3. The first kappa shape index (κ1) is 17.7. The monoisotopic (exact) mass is 350 g/mol. The second-order valence-corrected chi connectivity index (χ2v) is 6.59. The van der Waals surface area contributed by atoms with E-state index in [4.69, 9.17) is 0 Å². The van der Waals surface area contributed by atoms with Gasteiger partial charge in [0, 0.05) is 19.1 Å². The highest BCUT2D eigenvalue weighted by Crippen LogP contribution is 2.26. The molecule has 6 nitrogen and oxygen atoms in total. The number of nitrogens with zero attached hydrogens (tertiary/aromatic N) is 3. The largest absolute Gasteiger partial charge is 0.478 e. The van der Waals surface area contributed by atoms with Gasteiger partial charge in [-0.3, -0.25) is 4.98 Å². The van der Waals surface area contributed by atoms with Crippen LogP contribution >= 0.6 is 0 Å². The van der Waals surface area contributed by atoms with Gasteiger partial charge in [-0.1, -0.05) is 12.1 Å². The summed E-state index contributed by atoms with van der Waals surface area (Å²) in [5, 5.41) is 22.0. The van der Waals surface area contributed by atoms with Crippen LogP contribution in [0, 0.1) is 25.2 Å². The van der Waals surface area contributed by atoms with Gasteiger partial charge in [0.1, 0.15) is 6.07 Å². The Morgan fingerprint density at radius 1 is 1.27 bits per heavy atom. The molecule has 1 aromatic carbocycles. The van der Waals surface area contributed by atoms with E-state index in [0.29, 0.717) is 11.3 Å². The number of para-hydroxylation sites is 1. The van der Waals surface area contributed by atoms with E-state index < -0.39 is 5.97 Å². The fraction of sp³-hybridized carbons (Fsp3) is 0.350. The molecule has 1 aromatic heterocycles. The number of nitrogens with one attached hydrogen (secondary N) is 1. The lowest BCUT2D eigenvalue weighted by Crippen LogP contribution is -2.39. The van der Waals surface area contributed by atoms with Crippen molar-refractivity contribution >= 4 is 17.3 Å². The third-order valence-corrected chi connectivity index (χ3v) is 4.85. The Labute approximate surface area is 153 Å². The number of piperidine rings is 1. The van der Waals surface area contributed by atoms with E-state index in [2.05, 4.69) is 21.3 Å². The first-order valence-electron chi connectivity index (χ1n) is 8.71. The summed E-state index contributed by atoms with van der Waals surface area (Å²) in [4.78, 5) is 17.9. The highest BCUT2D eigenvalue weighted by molar-refractivity contribution is 5.90. The maximum absolute atomic E-state index is 11.3. The van der Waals surface area contributed by atoms with Crippen molar-refractivity contribution in [1.82, 2.24) is 4.98 Å². The quantitative estimate of drug-likeness (QED) is 0.879. The number of aromatic carboxylic acids is 1. The van der Waals surface area contributed by atoms with Gasteiger partial charge in [-0.05, 0) is 44.9 Å². The van der Waals surface area contributed by atoms with Crippen molar-refractivity contribution in [2.45, 2.75) is 32.7 Å². The van der Waals surface area contributed by atoms with Crippen molar-refractivity contribution in [3.05, 3.63) is 52.8 Å². The number of anilines is 2. The molecule has 0 radical (unpaired) electrons. The molecule has 1 fully saturated rings. The predicted molar refractivity (Wildman–Crippen MR) is 101 cm³/mol. The number of hydrogen-bond acceptors (Lipinski definition) is 5. The number of carboxylic acids is 1. The Balaban J connectivity index is 1.69. The van der Waals surface area contributed by atoms with Crippen LogP contribution in [0.3, 0.4) is 0 Å². The zero-order chi connectivity index (χ0) is 18.7. The van der Waals surface area contributed by atoms with Gasteiger partial charge in [-0.15, -0.1) is 0 Å². The molecule has 0 atom stereocenters. The van der Waals surface area contributed by atoms with Crippen LogP contribution in [0.2, 0.25) is 0 Å². The fourth-order valence-corrected chi connectivity index (χ4v) is 3.42. The summed E-state index contributed by atoms with van der Waals surface area (Å²) in [5.41, 5.74) is 4.04. The lowest BCUT2D eigenvalue weighted by atomic mass is 10.0. The highest BCUT2D eigenvalue weighted by atomic mass is 16.4. The van der Waals surface area contributed by atoms with E-state index >= 15 is 0 Å². The van der Waals surface area contributed by atoms with Crippen molar-refractivity contribution in [3.63, 3.8) is 0 Å². The summed E-state index contributed by atoms with van der Waals surface area (Å²) >= 11 is 0. The topological polar surface area (TPSA) is 89.2 Å². The van der Waals surface area contributed by atoms with Gasteiger partial charge in [0.2, 0.25) is 0 Å². The van der Waals surface area contributed by atoms with Crippen molar-refractivity contribution in [1.29, 1.82) is 5.26 Å². The number of pyridine rings is 1. The van der Waals surface area contributed by atoms with E-state index in [1.165, 1.54) is 0 Å². The smallest absolute Gasteiger partial charge is 0.337 e. The Morgan fingerprint density at radius 2 is 1.96 bits per heavy atom. The summed E-state index contributed by atoms with van der Waals surface area (Å²) in [6.45, 7) is 5.30. The number of hydrogen-bond donors (Lipinski definition) is 2. The zero-order valence-corrected chi connectivity index (χ0v) is 15.0. The average Bonchev–Trinajstić information content (AvgIpc) is 2.64. The number of aromatic nitrogens is 1. The van der Waals surface area contributed by atoms with Crippen molar-refractivity contribution in [2.75, 3.05) is 23.3 Å². The Bertz CT molecular complexity index is 865. The number of rotatable bonds is 4. The number of nitriles is 1. The number of aryl methyl sites for hydroxylation is 2. The molecule has 1 aliphatic heterocycles. The molecule has 0 amide bonds. The molecule has 0 bridgehead atoms. The molecule has 26 heavy (non-hydrogen) atoms. The Hall–Kier alpha value is -3.07. The normalized spacial score (nSPS) is 14.7. The summed E-state index contributed by atoms with van der Waals surface area (Å²) in [7, 11) is 0. The minimum Gasteiger partial charge on any atom is -0.478 e. The SMILES string of the molecule is Cc1nc(C)c(C(=O)O)cc1NC1CCN(c2ccccc2C#N)CC1. The van der Waals surface area contributed by atoms with Crippen LogP contribution in [0.4, 0.5) is 11.4 Å². The van der Waals surface area contributed by atoms with Gasteiger partial charge in [0.25, 0.3) is 0 Å². The minimum atomic E-state index is -0.957. The zero-order valence-electron chi connectivity index (χ0n) is 15.0. The van der Waals surface area contributed by atoms with E-state index in [1.807, 2.05) is 31.2 Å². The van der Waals surface area contributed by atoms with Crippen LogP contribution in [-0.4, -0.2) is 35.2 Å². The number of carbonyl (C=O) groups is 1. The van der Waals surface area contributed by atoms with Gasteiger partial charge in [0.05, 0.1) is 33.9 Å². The average molecular weight is 350 g/mol. The summed E-state index contributed by atoms with van der Waals surface area (Å²) in [6, 6.07) is 11.8. The van der Waals surface area contributed by atoms with Crippen LogP contribution in [0.15, 0.2) is 30.3 Å². The van der Waals surface area contributed by atoms with E-state index in [1.54, 1.807) is 13.0 Å². The molecule has 0 unspecified atom stereocenters. The van der Waals surface area contributed by atoms with Crippen molar-refractivity contribution in [2.24, 2.45) is 0 Å². The van der Waals surface area contributed by atoms with Crippen molar-refractivity contribution < 1.29 is 9.90 Å². The Morgan fingerprint density at radius 3 is 2.62 bits per heavy atom. The van der Waals surface area contributed by atoms with Crippen LogP contribution in [0.5, 0.6) is 0 Å². The second-order valence-electron chi connectivity index (χ2n) is 6.59. The molecule has 1 aliphatic rings. The van der Waals surface area contributed by atoms with Crippen LogP contribution in [-0.2, 0) is 0 Å². The maximum Gasteiger partial charge on any atom is 0.337 e. The Kier molecular flexibility index (Phi) is 5.08. The minimum absolute atomic E-state index is 0.235. The summed E-state index contributed by atoms with van der Waals surface area (Å²) in [5.74, 6) is -0.957. The predicted octanol–water partition coefficient (Wildman–Crippen LogP) is 3.35. The summed E-state index contributed by atoms with van der Waals surface area (Å²) < 4.78 is 0. The van der Waals surface area contributed by atoms with Gasteiger partial charge in [-0.2, -0.15) is 5.26 Å². The molecule has 134 valence electrons. The fourth-order valence-electron chi connectivity index (χ4n) is 3.42. The lowest BCUT2D eigenvalue weighted by molar-refractivity contribution is 0.0695. The molecule has 0 saturated carbocycles. The third-order valence-electron chi connectivity index (χ3n) is 4.85. The second kappa shape index (κ2) is 7.44. The molecule has 1 saturated heterocycles. The third kappa shape index (κ3) is 3.62. The number of benzene rings is 1. The molecule has 2 heterocycles. The van der Waals surface area contributed by atoms with Crippen LogP contribution < -0.4 is 10.2 Å². The first-order chi connectivity index (χ1) is 12.5. The standard InChI is InChI=1S/C20H22N4O2/c1-13-17(20(25)26)11-18(14(2)22-13)23-16-7-9-24(10-8-16)19-6-4-3-5-15(19)12-21/h3-6,11,16,23H,7-10H2,1-2H3,(H,25,26). The number of carboxylic acid groups (broad SMARTS) is 1. The van der Waals surface area contributed by atoms with Crippen LogP contribution in [0.1, 0.15) is 40.2 Å². The van der Waals surface area contributed by atoms with Gasteiger partial charge >= 0.3 is 5.97 Å². The molecule has 0 spiro atoms. The van der Waals surface area contributed by atoms with Crippen molar-refractivity contribution in [3.8, 4) is 6.07 Å². The lowest BCUT2D eigenvalue weighted by Gasteiger charge is -2.35. The van der Waals surface area contributed by atoms with E-state index in [9.17, 15) is 15.2 Å². The molecule has 0 aliphatic carbocycles. The van der Waals surface area contributed by atoms with E-state index in [0.717, 1.165) is 43.0 Å². The van der Waals surface area contributed by atoms with Gasteiger partial charge < -0.3 is 15.3 Å². The van der Waals surface area contributed by atoms with E-state index in [-0.39, 0.29) is 11.6 Å². The molecule has 6 heteroatoms. The van der Waals surface area contributed by atoms with Gasteiger partial charge in [-0.25, -0.2) is 4.79 Å². The molecule has 3 rings (SSSR count). The molecular formula is C20H22N4O2. The summed E-state index contributed by atoms with van der Waals surface area (Å²) in [6.07, 6.45) is 1.82. The molecule has 2 aromatic rings. The first-order valence-corrected chi connectivity index (χ1v) is 8.71. The van der Waals surface area contributed by atoms with Gasteiger partial charge in [0.15, 0.2) is 0 Å². The highest BCUT2D eigenvalue weighted by Gasteiger charge is 2.22. The molecular weight excluding hydrogens is 328 g/mol.